The van der Waals surface area contributed by atoms with E-state index in [9.17, 15) is 13.2 Å². The van der Waals surface area contributed by atoms with E-state index in [1.807, 2.05) is 49.7 Å². The summed E-state index contributed by atoms with van der Waals surface area (Å²) in [5, 5.41) is 5.86. The van der Waals surface area contributed by atoms with Gasteiger partial charge in [0.1, 0.15) is 0 Å². The van der Waals surface area contributed by atoms with Crippen molar-refractivity contribution in [2.24, 2.45) is 12.2 Å². The average Bonchev–Trinajstić information content (AvgIpc) is 2.99. The van der Waals surface area contributed by atoms with Crippen molar-refractivity contribution < 1.29 is 13.2 Å². The smallest absolute Gasteiger partial charge is 0.238 e. The number of carbonyl (C=O) groups excluding carboxylic acids is 1. The second-order valence-electron chi connectivity index (χ2n) is 6.81. The molecular formula is C22H23ClN2O3S. The molecule has 0 bridgehead atoms. The van der Waals surface area contributed by atoms with Crippen LogP contribution in [-0.4, -0.2) is 18.8 Å². The van der Waals surface area contributed by atoms with Crippen molar-refractivity contribution in [2.45, 2.75) is 31.6 Å². The highest BCUT2D eigenvalue weighted by molar-refractivity contribution is 7.89. The van der Waals surface area contributed by atoms with Gasteiger partial charge in [0.2, 0.25) is 10.0 Å². The Morgan fingerprint density at radius 2 is 1.48 bits per heavy atom. The van der Waals surface area contributed by atoms with Crippen LogP contribution in [0.1, 0.15) is 36.5 Å². The van der Waals surface area contributed by atoms with E-state index in [1.54, 1.807) is 12.1 Å². The SMILES string of the molecule is CCC(=O)c1c(-c2ccc(S(N)(=O)=O)cc2)c(-c2ccc(Cl)cc2)c(CC)n1C. The number of primary sulfonamides is 1. The number of Topliss-reactive ketones (excluding diaryl/α,β-unsaturated/α-hetero) is 1. The molecule has 0 saturated carbocycles. The highest BCUT2D eigenvalue weighted by atomic mass is 35.5. The van der Waals surface area contributed by atoms with Crippen LogP contribution in [-0.2, 0) is 23.5 Å². The van der Waals surface area contributed by atoms with Gasteiger partial charge in [-0.3, -0.25) is 4.79 Å². The van der Waals surface area contributed by atoms with E-state index < -0.39 is 10.0 Å². The Labute approximate surface area is 176 Å². The Morgan fingerprint density at radius 3 is 1.97 bits per heavy atom. The standard InChI is InChI=1S/C22H23ClN2O3S/c1-4-18-20(14-6-10-16(23)11-7-14)21(22(25(18)3)19(26)5-2)15-8-12-17(13-9-15)29(24,27)28/h6-13H,4-5H2,1-3H3,(H2,24,27,28). The van der Waals surface area contributed by atoms with Crippen LogP contribution in [0.25, 0.3) is 22.3 Å². The van der Waals surface area contributed by atoms with E-state index >= 15 is 0 Å². The summed E-state index contributed by atoms with van der Waals surface area (Å²) in [6.07, 6.45) is 1.09. The molecule has 0 spiro atoms. The minimum absolute atomic E-state index is 0.0212. The van der Waals surface area contributed by atoms with E-state index in [2.05, 4.69) is 0 Å². The first-order valence-corrected chi connectivity index (χ1v) is 11.2. The molecule has 0 fully saturated rings. The number of rotatable bonds is 6. The lowest BCUT2D eigenvalue weighted by molar-refractivity contribution is 0.0980. The zero-order valence-electron chi connectivity index (χ0n) is 16.6. The normalized spacial score (nSPS) is 11.6. The maximum absolute atomic E-state index is 12.9. The fourth-order valence-electron chi connectivity index (χ4n) is 3.66. The van der Waals surface area contributed by atoms with Crippen LogP contribution >= 0.6 is 11.6 Å². The summed E-state index contributed by atoms with van der Waals surface area (Å²) in [5.74, 6) is 0.0212. The van der Waals surface area contributed by atoms with E-state index in [0.717, 1.165) is 34.4 Å². The molecule has 0 saturated heterocycles. The van der Waals surface area contributed by atoms with E-state index in [1.165, 1.54) is 12.1 Å². The quantitative estimate of drug-likeness (QED) is 0.569. The first kappa shape index (κ1) is 21.3. The van der Waals surface area contributed by atoms with E-state index in [4.69, 9.17) is 16.7 Å². The van der Waals surface area contributed by atoms with E-state index in [-0.39, 0.29) is 10.7 Å². The predicted molar refractivity (Wildman–Crippen MR) is 117 cm³/mol. The molecule has 0 atom stereocenters. The number of hydrogen-bond acceptors (Lipinski definition) is 3. The van der Waals surface area contributed by atoms with Gasteiger partial charge >= 0.3 is 0 Å². The average molecular weight is 431 g/mol. The van der Waals surface area contributed by atoms with Crippen molar-refractivity contribution in [3.8, 4) is 22.3 Å². The highest BCUT2D eigenvalue weighted by Gasteiger charge is 2.26. The first-order valence-electron chi connectivity index (χ1n) is 9.32. The second-order valence-corrected chi connectivity index (χ2v) is 8.81. The Kier molecular flexibility index (Phi) is 5.98. The van der Waals surface area contributed by atoms with Crippen LogP contribution in [0.4, 0.5) is 0 Å². The fourth-order valence-corrected chi connectivity index (χ4v) is 4.30. The molecule has 2 aromatic carbocycles. The maximum atomic E-state index is 12.9. The number of benzene rings is 2. The van der Waals surface area contributed by atoms with Crippen LogP contribution < -0.4 is 5.14 Å². The molecule has 0 unspecified atom stereocenters. The Morgan fingerprint density at radius 1 is 0.966 bits per heavy atom. The third kappa shape index (κ3) is 4.01. The topological polar surface area (TPSA) is 82.2 Å². The number of carbonyl (C=O) groups is 1. The van der Waals surface area contributed by atoms with Gasteiger partial charge in [-0.25, -0.2) is 13.6 Å². The van der Waals surface area contributed by atoms with Gasteiger partial charge in [0.05, 0.1) is 10.6 Å². The lowest BCUT2D eigenvalue weighted by atomic mass is 9.93. The minimum Gasteiger partial charge on any atom is -0.344 e. The number of halogens is 1. The molecule has 1 aromatic heterocycles. The van der Waals surface area contributed by atoms with Crippen LogP contribution in [0, 0.1) is 0 Å². The van der Waals surface area contributed by atoms with Gasteiger partial charge < -0.3 is 4.57 Å². The lowest BCUT2D eigenvalue weighted by Crippen LogP contribution is -2.11. The van der Waals surface area contributed by atoms with Crippen molar-refractivity contribution in [3.63, 3.8) is 0 Å². The largest absolute Gasteiger partial charge is 0.344 e. The number of nitrogens with two attached hydrogens (primary N) is 1. The van der Waals surface area contributed by atoms with Crippen LogP contribution in [0.2, 0.25) is 5.02 Å². The minimum atomic E-state index is -3.79. The van der Waals surface area contributed by atoms with Crippen molar-refractivity contribution in [1.29, 1.82) is 0 Å². The number of sulfonamides is 1. The van der Waals surface area contributed by atoms with Gasteiger partial charge in [-0.1, -0.05) is 49.7 Å². The number of aromatic nitrogens is 1. The fraction of sp³-hybridized carbons (Fsp3) is 0.227. The molecule has 0 aliphatic rings. The van der Waals surface area contributed by atoms with Crippen LogP contribution in [0.3, 0.4) is 0 Å². The maximum Gasteiger partial charge on any atom is 0.238 e. The monoisotopic (exact) mass is 430 g/mol. The molecule has 5 nitrogen and oxygen atoms in total. The second kappa shape index (κ2) is 8.14. The summed E-state index contributed by atoms with van der Waals surface area (Å²) in [4.78, 5) is 12.9. The number of hydrogen-bond donors (Lipinski definition) is 1. The Hall–Kier alpha value is -2.41. The molecule has 0 aliphatic carbocycles. The molecule has 29 heavy (non-hydrogen) atoms. The lowest BCUT2D eigenvalue weighted by Gasteiger charge is -2.10. The molecular weight excluding hydrogens is 408 g/mol. The number of ketones is 1. The van der Waals surface area contributed by atoms with Crippen molar-refractivity contribution in [2.75, 3.05) is 0 Å². The van der Waals surface area contributed by atoms with Crippen molar-refractivity contribution in [1.82, 2.24) is 4.57 Å². The summed E-state index contributed by atoms with van der Waals surface area (Å²) < 4.78 is 25.2. The molecule has 7 heteroatoms. The predicted octanol–water partition coefficient (Wildman–Crippen LogP) is 4.82. The van der Waals surface area contributed by atoms with Gasteiger partial charge in [-0.2, -0.15) is 0 Å². The van der Waals surface area contributed by atoms with Gasteiger partial charge in [0.15, 0.2) is 5.78 Å². The zero-order valence-corrected chi connectivity index (χ0v) is 18.1. The molecule has 2 N–H and O–H groups in total. The van der Waals surface area contributed by atoms with Crippen molar-refractivity contribution >= 4 is 27.4 Å². The third-order valence-electron chi connectivity index (χ3n) is 5.04. The Bertz CT molecular complexity index is 1160. The molecule has 0 amide bonds. The summed E-state index contributed by atoms with van der Waals surface area (Å²) >= 11 is 6.07. The molecule has 3 aromatic rings. The molecule has 3 rings (SSSR count). The first-order chi connectivity index (χ1) is 13.7. The summed E-state index contributed by atoms with van der Waals surface area (Å²) in [5.41, 5.74) is 5.08. The van der Waals surface area contributed by atoms with Gasteiger partial charge in [0.25, 0.3) is 0 Å². The van der Waals surface area contributed by atoms with Crippen LogP contribution in [0.5, 0.6) is 0 Å². The number of nitrogens with zero attached hydrogens (tertiary/aromatic N) is 1. The van der Waals surface area contributed by atoms with E-state index in [0.29, 0.717) is 17.1 Å². The summed E-state index contributed by atoms with van der Waals surface area (Å²) in [6, 6.07) is 13.8. The van der Waals surface area contributed by atoms with Gasteiger partial charge in [-0.15, -0.1) is 0 Å². The van der Waals surface area contributed by atoms with Crippen molar-refractivity contribution in [3.05, 3.63) is 64.9 Å². The molecule has 1 heterocycles. The van der Waals surface area contributed by atoms with Gasteiger partial charge in [0, 0.05) is 35.3 Å². The molecule has 0 aliphatic heterocycles. The Balaban J connectivity index is 2.36. The van der Waals surface area contributed by atoms with Crippen LogP contribution in [0.15, 0.2) is 53.4 Å². The highest BCUT2D eigenvalue weighted by Crippen LogP contribution is 2.41. The third-order valence-corrected chi connectivity index (χ3v) is 6.22. The summed E-state index contributed by atoms with van der Waals surface area (Å²) in [6.45, 7) is 3.87. The molecule has 152 valence electrons. The summed E-state index contributed by atoms with van der Waals surface area (Å²) in [7, 11) is -1.90. The molecule has 0 radical (unpaired) electrons. The van der Waals surface area contributed by atoms with Gasteiger partial charge in [-0.05, 0) is 41.8 Å². The zero-order chi connectivity index (χ0) is 21.3.